The molecule has 1 aliphatic carbocycles. The molecule has 5 rings (SSSR count). The molecule has 2 heterocycles. The molecule has 3 aromatic rings. The minimum Gasteiger partial charge on any atom is -0.489 e. The lowest BCUT2D eigenvalue weighted by Gasteiger charge is -2.33. The summed E-state index contributed by atoms with van der Waals surface area (Å²) in [4.78, 5) is 44.1. The minimum absolute atomic E-state index is 0.181. The fourth-order valence-electron chi connectivity index (χ4n) is 4.60. The van der Waals surface area contributed by atoms with E-state index in [0.29, 0.717) is 48.1 Å². The summed E-state index contributed by atoms with van der Waals surface area (Å²) in [5.74, 6) is -0.0937. The quantitative estimate of drug-likeness (QED) is 0.368. The molecule has 0 radical (unpaired) electrons. The summed E-state index contributed by atoms with van der Waals surface area (Å²) in [6.45, 7) is 1.45. The van der Waals surface area contributed by atoms with Crippen LogP contribution >= 0.6 is 23.9 Å². The van der Waals surface area contributed by atoms with Gasteiger partial charge in [0.15, 0.2) is 6.66 Å². The number of amides is 2. The van der Waals surface area contributed by atoms with Gasteiger partial charge in [-0.2, -0.15) is 0 Å². The zero-order valence-corrected chi connectivity index (χ0v) is 20.2. The van der Waals surface area contributed by atoms with Crippen molar-refractivity contribution >= 4 is 46.6 Å². The Morgan fingerprint density at radius 3 is 2.27 bits per heavy atom. The van der Waals surface area contributed by atoms with Crippen LogP contribution in [0.3, 0.4) is 0 Å². The van der Waals surface area contributed by atoms with Crippen molar-refractivity contribution in [2.75, 3.05) is 6.66 Å². The maximum Gasteiger partial charge on any atom is 0.467 e. The summed E-state index contributed by atoms with van der Waals surface area (Å²) in [5, 5.41) is 0.286. The average molecular weight is 529 g/mol. The van der Waals surface area contributed by atoms with Crippen molar-refractivity contribution in [3.63, 3.8) is 0 Å². The molecule has 168 valence electrons. The zero-order chi connectivity index (χ0) is 23.3. The van der Waals surface area contributed by atoms with Gasteiger partial charge in [-0.1, -0.05) is 32.4 Å². The maximum atomic E-state index is 12.9. The van der Waals surface area contributed by atoms with Crippen molar-refractivity contribution in [1.82, 2.24) is 14.2 Å². The van der Waals surface area contributed by atoms with Crippen molar-refractivity contribution in [2.24, 2.45) is 0 Å². The second-order valence-electron chi connectivity index (χ2n) is 8.23. The number of ether oxygens (including phenoxy) is 1. The van der Waals surface area contributed by atoms with Crippen LogP contribution in [0, 0.1) is 0 Å². The van der Waals surface area contributed by atoms with Gasteiger partial charge in [0, 0.05) is 10.5 Å². The van der Waals surface area contributed by atoms with Crippen LogP contribution in [0.1, 0.15) is 46.4 Å². The van der Waals surface area contributed by atoms with Crippen LogP contribution in [-0.4, -0.2) is 44.8 Å². The van der Waals surface area contributed by atoms with Gasteiger partial charge in [0.1, 0.15) is 17.5 Å². The topological polar surface area (TPSA) is 98.6 Å². The Balaban J connectivity index is 1.36. The lowest BCUT2D eigenvalue weighted by atomic mass is 9.91. The van der Waals surface area contributed by atoms with E-state index in [4.69, 9.17) is 4.74 Å². The number of hydrogen-bond donors (Lipinski definition) is 0. The van der Waals surface area contributed by atoms with Gasteiger partial charge in [-0.05, 0) is 54.5 Å². The molecule has 1 unspecified atom stereocenters. The van der Waals surface area contributed by atoms with Crippen LogP contribution in [0.2, 0.25) is 0 Å². The third-order valence-corrected chi connectivity index (χ3v) is 7.56. The number of aromatic nitrogens is 2. The van der Waals surface area contributed by atoms with Crippen molar-refractivity contribution in [3.8, 4) is 5.75 Å². The molecule has 8 nitrogen and oxygen atoms in total. The number of rotatable bonds is 4. The molecule has 33 heavy (non-hydrogen) atoms. The molecule has 2 amide bonds. The fraction of sp³-hybridized carbons (Fsp3) is 0.304. The van der Waals surface area contributed by atoms with Crippen molar-refractivity contribution in [1.29, 1.82) is 0 Å². The van der Waals surface area contributed by atoms with E-state index in [0.717, 1.165) is 8.81 Å². The molecule has 0 bridgehead atoms. The van der Waals surface area contributed by atoms with E-state index in [1.165, 1.54) is 17.9 Å². The maximum absolute atomic E-state index is 12.9. The standard InChI is InChI=1S/C23H20BrN3O5P/c1-33(31)26-12-25-18-10-13(24)11-19(20(18)23(26)30)32-15-8-6-14(7-9-15)27-21(28)16-4-2-3-5-17(16)22(27)29/h2-5,10-12,14-15H,6-9H2,1H3/q+1. The number of carbonyl (C=O) groups excluding carboxylic acids is 2. The summed E-state index contributed by atoms with van der Waals surface area (Å²) < 4.78 is 20.0. The third kappa shape index (κ3) is 3.79. The van der Waals surface area contributed by atoms with E-state index in [9.17, 15) is 18.9 Å². The molecule has 0 spiro atoms. The predicted octanol–water partition coefficient (Wildman–Crippen LogP) is 4.37. The fourth-order valence-corrected chi connectivity index (χ4v) is 5.58. The summed E-state index contributed by atoms with van der Waals surface area (Å²) in [5.41, 5.74) is 0.960. The van der Waals surface area contributed by atoms with Gasteiger partial charge in [-0.3, -0.25) is 19.3 Å². The minimum atomic E-state index is -1.91. The van der Waals surface area contributed by atoms with Crippen LogP contribution < -0.4 is 10.3 Å². The SMILES string of the molecule is C[P+](=O)n1cnc2cc(Br)cc(OC3CCC(N4C(=O)c5ccccc5C4=O)CC3)c2c1=O. The monoisotopic (exact) mass is 528 g/mol. The van der Waals surface area contributed by atoms with Crippen LogP contribution in [0.4, 0.5) is 0 Å². The van der Waals surface area contributed by atoms with Crippen molar-refractivity contribution in [3.05, 3.63) is 68.7 Å². The lowest BCUT2D eigenvalue weighted by Crippen LogP contribution is -2.43. The molecule has 1 aromatic heterocycles. The molecular formula is C23H20BrN3O5P+. The Morgan fingerprint density at radius 1 is 1.03 bits per heavy atom. The molecule has 0 N–H and O–H groups in total. The normalized spacial score (nSPS) is 20.8. The molecule has 10 heteroatoms. The first-order valence-electron chi connectivity index (χ1n) is 10.6. The summed E-state index contributed by atoms with van der Waals surface area (Å²) in [6, 6.07) is 10.2. The number of carbonyl (C=O) groups is 2. The predicted molar refractivity (Wildman–Crippen MR) is 126 cm³/mol. The molecule has 1 fully saturated rings. The molecule has 1 aliphatic heterocycles. The van der Waals surface area contributed by atoms with Gasteiger partial charge in [0.05, 0.1) is 22.7 Å². The first kappa shape index (κ1) is 21.9. The van der Waals surface area contributed by atoms with Gasteiger partial charge in [0.2, 0.25) is 0 Å². The first-order valence-corrected chi connectivity index (χ1v) is 13.1. The third-order valence-electron chi connectivity index (χ3n) is 6.21. The highest BCUT2D eigenvalue weighted by Crippen LogP contribution is 2.34. The van der Waals surface area contributed by atoms with Crippen LogP contribution in [0.25, 0.3) is 10.9 Å². The van der Waals surface area contributed by atoms with Crippen molar-refractivity contribution < 1.29 is 18.9 Å². The number of fused-ring (bicyclic) bond motifs is 2. The highest BCUT2D eigenvalue weighted by molar-refractivity contribution is 9.10. The molecule has 1 atom stereocenters. The van der Waals surface area contributed by atoms with Gasteiger partial charge < -0.3 is 4.74 Å². The Kier molecular flexibility index (Phi) is 5.62. The Bertz CT molecular complexity index is 1350. The second kappa shape index (κ2) is 8.47. The van der Waals surface area contributed by atoms with Crippen molar-refractivity contribution in [2.45, 2.75) is 37.8 Å². The molecule has 1 saturated carbocycles. The van der Waals surface area contributed by atoms with Gasteiger partial charge in [0.25, 0.3) is 11.8 Å². The number of hydrogen-bond acceptors (Lipinski definition) is 6. The van der Waals surface area contributed by atoms with Gasteiger partial charge >= 0.3 is 13.5 Å². The van der Waals surface area contributed by atoms with E-state index in [1.807, 2.05) is 0 Å². The van der Waals surface area contributed by atoms with Crippen LogP contribution in [0.15, 0.2) is 52.0 Å². The van der Waals surface area contributed by atoms with E-state index in [1.54, 1.807) is 36.4 Å². The van der Waals surface area contributed by atoms with Crippen LogP contribution in [0.5, 0.6) is 5.75 Å². The largest absolute Gasteiger partial charge is 0.489 e. The Hall–Kier alpha value is -2.90. The smallest absolute Gasteiger partial charge is 0.467 e. The number of imide groups is 1. The summed E-state index contributed by atoms with van der Waals surface area (Å²) in [7, 11) is -1.91. The number of benzene rings is 2. The lowest BCUT2D eigenvalue weighted by molar-refractivity contribution is 0.0479. The second-order valence-corrected chi connectivity index (χ2v) is 10.5. The number of halogens is 1. The van der Waals surface area contributed by atoms with Gasteiger partial charge in [-0.25, -0.2) is 4.98 Å². The summed E-state index contributed by atoms with van der Waals surface area (Å²) in [6.07, 6.45) is 3.59. The Labute approximate surface area is 198 Å². The van der Waals surface area contributed by atoms with E-state index in [2.05, 4.69) is 20.9 Å². The van der Waals surface area contributed by atoms with Gasteiger partial charge in [-0.15, -0.1) is 0 Å². The van der Waals surface area contributed by atoms with E-state index in [-0.39, 0.29) is 29.3 Å². The summed E-state index contributed by atoms with van der Waals surface area (Å²) >= 11 is 3.43. The molecule has 2 aliphatic rings. The molecule has 2 aromatic carbocycles. The van der Waals surface area contributed by atoms with E-state index >= 15 is 0 Å². The Morgan fingerprint density at radius 2 is 1.67 bits per heavy atom. The first-order chi connectivity index (χ1) is 15.8. The van der Waals surface area contributed by atoms with Crippen LogP contribution in [-0.2, 0) is 4.57 Å². The average Bonchev–Trinajstić information content (AvgIpc) is 3.04. The van der Waals surface area contributed by atoms with E-state index < -0.39 is 13.5 Å². The highest BCUT2D eigenvalue weighted by Gasteiger charge is 2.41. The number of nitrogens with zero attached hydrogens (tertiary/aromatic N) is 3. The molecular weight excluding hydrogens is 509 g/mol. The highest BCUT2D eigenvalue weighted by atomic mass is 79.9. The zero-order valence-electron chi connectivity index (χ0n) is 17.7. The molecule has 0 saturated heterocycles.